The van der Waals surface area contributed by atoms with Crippen LogP contribution in [0.3, 0.4) is 0 Å². The summed E-state index contributed by atoms with van der Waals surface area (Å²) in [6.07, 6.45) is 4.13. The number of hydrogen-bond acceptors (Lipinski definition) is 6. The molecule has 3 amide bonds. The first-order valence-corrected chi connectivity index (χ1v) is 9.92. The van der Waals surface area contributed by atoms with Gasteiger partial charge in [-0.15, -0.1) is 0 Å². The topological polar surface area (TPSA) is 103 Å². The smallest absolute Gasteiger partial charge is 0.338 e. The Morgan fingerprint density at radius 3 is 2.52 bits per heavy atom. The highest BCUT2D eigenvalue weighted by molar-refractivity contribution is 5.97. The number of urea groups is 1. The molecule has 1 aliphatic carbocycles. The van der Waals surface area contributed by atoms with Crippen molar-refractivity contribution in [1.29, 1.82) is 0 Å². The average molecular weight is 406 g/mol. The summed E-state index contributed by atoms with van der Waals surface area (Å²) >= 11 is 0. The fourth-order valence-corrected chi connectivity index (χ4v) is 3.26. The molecule has 1 aromatic rings. The Morgan fingerprint density at radius 1 is 1.14 bits per heavy atom. The Morgan fingerprint density at radius 2 is 1.86 bits per heavy atom. The minimum Gasteiger partial charge on any atom is -0.493 e. The molecule has 2 atom stereocenters. The van der Waals surface area contributed by atoms with Crippen LogP contribution in [0.4, 0.5) is 4.79 Å². The van der Waals surface area contributed by atoms with E-state index in [9.17, 15) is 14.4 Å². The van der Waals surface area contributed by atoms with Gasteiger partial charge in [-0.2, -0.15) is 0 Å². The van der Waals surface area contributed by atoms with E-state index in [1.165, 1.54) is 19.2 Å². The Labute approximate surface area is 171 Å². The second-order valence-corrected chi connectivity index (χ2v) is 7.50. The summed E-state index contributed by atoms with van der Waals surface area (Å²) in [7, 11) is 1.47. The number of rotatable bonds is 7. The first-order valence-electron chi connectivity index (χ1n) is 9.92. The van der Waals surface area contributed by atoms with Crippen LogP contribution in [0.1, 0.15) is 56.8 Å². The van der Waals surface area contributed by atoms with Gasteiger partial charge in [0, 0.05) is 6.04 Å². The molecule has 160 valence electrons. The quantitative estimate of drug-likeness (QED) is 0.675. The van der Waals surface area contributed by atoms with Crippen LogP contribution in [0.25, 0.3) is 0 Å². The van der Waals surface area contributed by atoms with Crippen molar-refractivity contribution < 1.29 is 28.6 Å². The van der Waals surface area contributed by atoms with Gasteiger partial charge in [0.2, 0.25) is 0 Å². The number of methoxy groups -OCH3 is 1. The van der Waals surface area contributed by atoms with Gasteiger partial charge in [0.05, 0.1) is 18.8 Å². The lowest BCUT2D eigenvalue weighted by molar-refractivity contribution is -0.123. The third-order valence-electron chi connectivity index (χ3n) is 4.78. The lowest BCUT2D eigenvalue weighted by Gasteiger charge is -2.29. The van der Waals surface area contributed by atoms with E-state index in [2.05, 4.69) is 17.6 Å². The second kappa shape index (κ2) is 10.7. The zero-order valence-corrected chi connectivity index (χ0v) is 17.4. The van der Waals surface area contributed by atoms with E-state index in [4.69, 9.17) is 14.2 Å². The van der Waals surface area contributed by atoms with Crippen LogP contribution in [0.15, 0.2) is 18.2 Å². The van der Waals surface area contributed by atoms with E-state index in [0.717, 1.165) is 25.7 Å². The first-order chi connectivity index (χ1) is 13.8. The molecular weight excluding hydrogens is 376 g/mol. The van der Waals surface area contributed by atoms with Gasteiger partial charge in [-0.1, -0.05) is 19.8 Å². The highest BCUT2D eigenvalue weighted by Gasteiger charge is 2.23. The molecule has 1 saturated carbocycles. The number of ether oxygens (including phenoxy) is 3. The predicted molar refractivity (Wildman–Crippen MR) is 107 cm³/mol. The first kappa shape index (κ1) is 22.5. The summed E-state index contributed by atoms with van der Waals surface area (Å²) in [6, 6.07) is 4.10. The van der Waals surface area contributed by atoms with Gasteiger partial charge in [-0.25, -0.2) is 9.59 Å². The third-order valence-corrected chi connectivity index (χ3v) is 4.78. The zero-order valence-electron chi connectivity index (χ0n) is 17.4. The summed E-state index contributed by atoms with van der Waals surface area (Å²) in [6.45, 7) is 5.29. The number of benzene rings is 1. The Kier molecular flexibility index (Phi) is 8.30. The lowest BCUT2D eigenvalue weighted by atomic mass is 9.86. The van der Waals surface area contributed by atoms with Crippen LogP contribution >= 0.6 is 0 Å². The monoisotopic (exact) mass is 406 g/mol. The zero-order chi connectivity index (χ0) is 21.4. The second-order valence-electron chi connectivity index (χ2n) is 7.50. The number of amides is 3. The van der Waals surface area contributed by atoms with Gasteiger partial charge in [0.1, 0.15) is 0 Å². The molecule has 0 aliphatic heterocycles. The van der Waals surface area contributed by atoms with Crippen LogP contribution < -0.4 is 20.1 Å². The number of imide groups is 1. The molecule has 1 aliphatic rings. The average Bonchev–Trinajstić information content (AvgIpc) is 2.67. The van der Waals surface area contributed by atoms with Gasteiger partial charge in [0.25, 0.3) is 5.91 Å². The highest BCUT2D eigenvalue weighted by Crippen LogP contribution is 2.29. The SMILES string of the molecule is COc1cc(C(=O)OCC(=O)NC(=O)NC2CCCCC2C)ccc1OC(C)C. The predicted octanol–water partition coefficient (Wildman–Crippen LogP) is 3.04. The standard InChI is InChI=1S/C21H30N2O6/c1-13(2)29-17-10-9-15(11-18(17)27-4)20(25)28-12-19(24)23-21(26)22-16-8-6-5-7-14(16)3/h9-11,13-14,16H,5-8,12H2,1-4H3,(H2,22,23,24,26). The summed E-state index contributed by atoms with van der Waals surface area (Å²) in [5, 5.41) is 5.01. The fourth-order valence-electron chi connectivity index (χ4n) is 3.26. The number of esters is 1. The lowest BCUT2D eigenvalue weighted by Crippen LogP contribution is -2.48. The van der Waals surface area contributed by atoms with E-state index in [1.54, 1.807) is 6.07 Å². The minimum absolute atomic E-state index is 0.0480. The molecule has 0 heterocycles. The van der Waals surface area contributed by atoms with Crippen molar-refractivity contribution >= 4 is 17.9 Å². The molecule has 8 heteroatoms. The third kappa shape index (κ3) is 6.96. The number of nitrogens with one attached hydrogen (secondary N) is 2. The van der Waals surface area contributed by atoms with E-state index in [1.807, 2.05) is 13.8 Å². The van der Waals surface area contributed by atoms with E-state index in [0.29, 0.717) is 17.4 Å². The molecule has 2 unspecified atom stereocenters. The van der Waals surface area contributed by atoms with Crippen molar-refractivity contribution in [2.45, 2.75) is 58.6 Å². The van der Waals surface area contributed by atoms with Crippen LogP contribution in [-0.2, 0) is 9.53 Å². The molecule has 0 saturated heterocycles. The minimum atomic E-state index is -0.698. The molecule has 2 N–H and O–H groups in total. The largest absolute Gasteiger partial charge is 0.493 e. The summed E-state index contributed by atoms with van der Waals surface area (Å²) in [5.41, 5.74) is 0.214. The molecule has 0 aromatic heterocycles. The summed E-state index contributed by atoms with van der Waals surface area (Å²) in [4.78, 5) is 36.1. The van der Waals surface area contributed by atoms with Gasteiger partial charge < -0.3 is 19.5 Å². The number of carbonyl (C=O) groups excluding carboxylic acids is 3. The molecule has 1 aromatic carbocycles. The molecule has 1 fully saturated rings. The highest BCUT2D eigenvalue weighted by atomic mass is 16.5. The maximum atomic E-state index is 12.2. The molecule has 29 heavy (non-hydrogen) atoms. The molecule has 0 bridgehead atoms. The van der Waals surface area contributed by atoms with Crippen LogP contribution in [0, 0.1) is 5.92 Å². The van der Waals surface area contributed by atoms with Gasteiger partial charge in [-0.05, 0) is 50.8 Å². The summed E-state index contributed by atoms with van der Waals surface area (Å²) in [5.74, 6) is -0.119. The van der Waals surface area contributed by atoms with E-state index in [-0.39, 0.29) is 17.7 Å². The maximum absolute atomic E-state index is 12.2. The van der Waals surface area contributed by atoms with Crippen molar-refractivity contribution in [1.82, 2.24) is 10.6 Å². The Bertz CT molecular complexity index is 734. The molecule has 0 spiro atoms. The van der Waals surface area contributed by atoms with Crippen molar-refractivity contribution in [3.8, 4) is 11.5 Å². The Balaban J connectivity index is 1.83. The van der Waals surface area contributed by atoms with Crippen LogP contribution in [-0.4, -0.2) is 43.8 Å². The number of hydrogen-bond donors (Lipinski definition) is 2. The van der Waals surface area contributed by atoms with Gasteiger partial charge in [0.15, 0.2) is 18.1 Å². The normalized spacial score (nSPS) is 18.7. The van der Waals surface area contributed by atoms with Crippen LogP contribution in [0.5, 0.6) is 11.5 Å². The molecule has 0 radical (unpaired) electrons. The van der Waals surface area contributed by atoms with Crippen molar-refractivity contribution in [2.24, 2.45) is 5.92 Å². The molecular formula is C21H30N2O6. The molecule has 2 rings (SSSR count). The Hall–Kier alpha value is -2.77. The van der Waals surface area contributed by atoms with Gasteiger partial charge in [-0.3, -0.25) is 10.1 Å². The molecule has 8 nitrogen and oxygen atoms in total. The van der Waals surface area contributed by atoms with Crippen molar-refractivity contribution in [3.05, 3.63) is 23.8 Å². The van der Waals surface area contributed by atoms with E-state index < -0.39 is 24.5 Å². The maximum Gasteiger partial charge on any atom is 0.338 e. The van der Waals surface area contributed by atoms with Crippen molar-refractivity contribution in [3.63, 3.8) is 0 Å². The van der Waals surface area contributed by atoms with Gasteiger partial charge >= 0.3 is 12.0 Å². The summed E-state index contributed by atoms with van der Waals surface area (Å²) < 4.78 is 15.8. The number of carbonyl (C=O) groups is 3. The van der Waals surface area contributed by atoms with Crippen molar-refractivity contribution in [2.75, 3.05) is 13.7 Å². The fraction of sp³-hybridized carbons (Fsp3) is 0.571. The van der Waals surface area contributed by atoms with E-state index >= 15 is 0 Å². The van der Waals surface area contributed by atoms with Crippen LogP contribution in [0.2, 0.25) is 0 Å².